The van der Waals surface area contributed by atoms with E-state index < -0.39 is 17.6 Å². The molecular weight excluding hydrogens is 318 g/mol. The van der Waals surface area contributed by atoms with E-state index in [4.69, 9.17) is 0 Å². The minimum absolute atomic E-state index is 0.0218. The van der Waals surface area contributed by atoms with Crippen molar-refractivity contribution in [3.63, 3.8) is 0 Å². The summed E-state index contributed by atoms with van der Waals surface area (Å²) in [6.07, 6.45) is 3.98. The number of carbonyl (C=O) groups excluding carboxylic acids is 3. The number of amides is 4. The molecule has 4 amide bonds. The van der Waals surface area contributed by atoms with Crippen LogP contribution in [-0.4, -0.2) is 40.4 Å². The summed E-state index contributed by atoms with van der Waals surface area (Å²) in [6.45, 7) is 3.65. The number of carbonyl (C=O) groups is 3. The first-order valence-electron chi connectivity index (χ1n) is 9.01. The van der Waals surface area contributed by atoms with Gasteiger partial charge in [0.05, 0.1) is 0 Å². The lowest BCUT2D eigenvalue weighted by atomic mass is 9.97. The number of benzene rings is 1. The largest absolute Gasteiger partial charge is 0.325 e. The third-order valence-corrected chi connectivity index (χ3v) is 5.84. The van der Waals surface area contributed by atoms with E-state index in [-0.39, 0.29) is 17.9 Å². The molecule has 1 aromatic carbocycles. The molecule has 2 fully saturated rings. The predicted octanol–water partition coefficient (Wildman–Crippen LogP) is 2.22. The summed E-state index contributed by atoms with van der Waals surface area (Å²) in [4.78, 5) is 41.4. The smallest absolute Gasteiger partial charge is 0.323 e. The van der Waals surface area contributed by atoms with Gasteiger partial charge in [-0.1, -0.05) is 31.0 Å². The molecular formula is C19H23N3O3. The number of urea groups is 1. The van der Waals surface area contributed by atoms with Crippen LogP contribution in [0.1, 0.15) is 45.1 Å². The second-order valence-electron chi connectivity index (χ2n) is 7.46. The van der Waals surface area contributed by atoms with E-state index in [1.54, 1.807) is 11.8 Å². The maximum absolute atomic E-state index is 13.2. The number of hydrogen-bond acceptors (Lipinski definition) is 3. The summed E-state index contributed by atoms with van der Waals surface area (Å²) in [5.41, 5.74) is 1.23. The maximum atomic E-state index is 13.2. The lowest BCUT2D eigenvalue weighted by Crippen LogP contribution is -2.52. The number of hydrogen-bond donors (Lipinski definition) is 1. The van der Waals surface area contributed by atoms with Crippen LogP contribution in [0.2, 0.25) is 0 Å². The van der Waals surface area contributed by atoms with Gasteiger partial charge in [-0.3, -0.25) is 9.59 Å². The molecule has 2 atom stereocenters. The highest BCUT2D eigenvalue weighted by atomic mass is 16.2. The fourth-order valence-electron chi connectivity index (χ4n) is 4.52. The van der Waals surface area contributed by atoms with E-state index in [1.165, 1.54) is 0 Å². The Balaban J connectivity index is 1.61. The molecule has 25 heavy (non-hydrogen) atoms. The van der Waals surface area contributed by atoms with Crippen molar-refractivity contribution >= 4 is 23.5 Å². The van der Waals surface area contributed by atoms with E-state index in [1.807, 2.05) is 31.2 Å². The van der Waals surface area contributed by atoms with Crippen LogP contribution in [0.15, 0.2) is 24.3 Å². The molecule has 1 saturated carbocycles. The van der Waals surface area contributed by atoms with Crippen molar-refractivity contribution in [2.75, 3.05) is 4.90 Å². The van der Waals surface area contributed by atoms with Crippen LogP contribution in [0.5, 0.6) is 0 Å². The highest BCUT2D eigenvalue weighted by Crippen LogP contribution is 2.37. The minimum atomic E-state index is -0.805. The molecule has 1 N–H and O–H groups in total. The molecule has 1 spiro atoms. The zero-order valence-corrected chi connectivity index (χ0v) is 14.6. The van der Waals surface area contributed by atoms with Crippen LogP contribution in [0.3, 0.4) is 0 Å². The van der Waals surface area contributed by atoms with Crippen LogP contribution < -0.4 is 10.2 Å². The minimum Gasteiger partial charge on any atom is -0.323 e. The molecule has 0 aromatic heterocycles. The van der Waals surface area contributed by atoms with Gasteiger partial charge in [-0.2, -0.15) is 0 Å². The normalized spacial score (nSPS) is 25.4. The molecule has 0 bridgehead atoms. The highest BCUT2D eigenvalue weighted by Gasteiger charge is 2.55. The average Bonchev–Trinajstić information content (AvgIpc) is 3.24. The predicted molar refractivity (Wildman–Crippen MR) is 93.1 cm³/mol. The number of para-hydroxylation sites is 1. The number of imide groups is 1. The lowest BCUT2D eigenvalue weighted by molar-refractivity contribution is -0.137. The van der Waals surface area contributed by atoms with Crippen molar-refractivity contribution in [1.82, 2.24) is 10.2 Å². The SMILES string of the molecule is CC(C(=O)N1c2ccccc2CC1C)N1C(=O)NC2(CCCC2)C1=O. The van der Waals surface area contributed by atoms with Gasteiger partial charge in [0.15, 0.2) is 0 Å². The molecule has 3 aliphatic rings. The summed E-state index contributed by atoms with van der Waals surface area (Å²) in [7, 11) is 0. The first-order chi connectivity index (χ1) is 11.9. The molecule has 6 heteroatoms. The van der Waals surface area contributed by atoms with Crippen LogP contribution in [-0.2, 0) is 16.0 Å². The molecule has 2 aliphatic heterocycles. The van der Waals surface area contributed by atoms with E-state index in [0.29, 0.717) is 12.8 Å². The number of nitrogens with zero attached hydrogens (tertiary/aromatic N) is 2. The Hall–Kier alpha value is -2.37. The van der Waals surface area contributed by atoms with Crippen LogP contribution in [0.4, 0.5) is 10.5 Å². The van der Waals surface area contributed by atoms with Crippen molar-refractivity contribution in [2.45, 2.75) is 63.6 Å². The molecule has 6 nitrogen and oxygen atoms in total. The summed E-state index contributed by atoms with van der Waals surface area (Å²) < 4.78 is 0. The first kappa shape index (κ1) is 16.1. The van der Waals surface area contributed by atoms with Crippen molar-refractivity contribution in [3.05, 3.63) is 29.8 Å². The molecule has 2 unspecified atom stereocenters. The molecule has 0 radical (unpaired) electrons. The standard InChI is InChI=1S/C19H23N3O3/c1-12-11-14-7-3-4-8-15(14)21(12)16(23)13(2)22-17(24)19(20-18(22)25)9-5-6-10-19/h3-4,7-8,12-13H,5-6,9-11H2,1-2H3,(H,20,25). The Morgan fingerprint density at radius 3 is 2.64 bits per heavy atom. The number of anilines is 1. The number of rotatable bonds is 2. The molecule has 1 saturated heterocycles. The van der Waals surface area contributed by atoms with Gasteiger partial charge in [0.2, 0.25) is 5.91 Å². The molecule has 1 aliphatic carbocycles. The van der Waals surface area contributed by atoms with Crippen LogP contribution in [0, 0.1) is 0 Å². The summed E-state index contributed by atoms with van der Waals surface area (Å²) >= 11 is 0. The zero-order chi connectivity index (χ0) is 17.8. The van der Waals surface area contributed by atoms with E-state index in [0.717, 1.165) is 35.4 Å². The molecule has 2 heterocycles. The van der Waals surface area contributed by atoms with Gasteiger partial charge in [-0.05, 0) is 44.7 Å². The quantitative estimate of drug-likeness (QED) is 0.839. The lowest BCUT2D eigenvalue weighted by Gasteiger charge is -2.30. The van der Waals surface area contributed by atoms with E-state index >= 15 is 0 Å². The Kier molecular flexibility index (Phi) is 3.60. The number of nitrogens with one attached hydrogen (secondary N) is 1. The third kappa shape index (κ3) is 2.27. The topological polar surface area (TPSA) is 69.7 Å². The second-order valence-corrected chi connectivity index (χ2v) is 7.46. The Morgan fingerprint density at radius 1 is 1.24 bits per heavy atom. The van der Waals surface area contributed by atoms with Crippen molar-refractivity contribution < 1.29 is 14.4 Å². The van der Waals surface area contributed by atoms with Gasteiger partial charge in [-0.15, -0.1) is 0 Å². The van der Waals surface area contributed by atoms with Crippen molar-refractivity contribution in [1.29, 1.82) is 0 Å². The summed E-state index contributed by atoms with van der Waals surface area (Å²) in [5.74, 6) is -0.438. The molecule has 1 aromatic rings. The van der Waals surface area contributed by atoms with Gasteiger partial charge in [0.25, 0.3) is 5.91 Å². The maximum Gasteiger partial charge on any atom is 0.325 e. The van der Waals surface area contributed by atoms with Crippen molar-refractivity contribution in [3.8, 4) is 0 Å². The van der Waals surface area contributed by atoms with E-state index in [9.17, 15) is 14.4 Å². The fourth-order valence-corrected chi connectivity index (χ4v) is 4.52. The molecule has 4 rings (SSSR count). The fraction of sp³-hybridized carbons (Fsp3) is 0.526. The Bertz CT molecular complexity index is 754. The van der Waals surface area contributed by atoms with Gasteiger partial charge in [-0.25, -0.2) is 9.69 Å². The zero-order valence-electron chi connectivity index (χ0n) is 14.6. The van der Waals surface area contributed by atoms with Crippen LogP contribution in [0.25, 0.3) is 0 Å². The van der Waals surface area contributed by atoms with Gasteiger partial charge >= 0.3 is 6.03 Å². The van der Waals surface area contributed by atoms with Gasteiger partial charge in [0.1, 0.15) is 11.6 Å². The average molecular weight is 341 g/mol. The second kappa shape index (κ2) is 5.58. The monoisotopic (exact) mass is 341 g/mol. The number of fused-ring (bicyclic) bond motifs is 1. The van der Waals surface area contributed by atoms with E-state index in [2.05, 4.69) is 5.32 Å². The first-order valence-corrected chi connectivity index (χ1v) is 9.01. The Labute approximate surface area is 147 Å². The third-order valence-electron chi connectivity index (χ3n) is 5.84. The summed E-state index contributed by atoms with van der Waals surface area (Å²) in [6, 6.07) is 6.59. The summed E-state index contributed by atoms with van der Waals surface area (Å²) in [5, 5.41) is 2.85. The van der Waals surface area contributed by atoms with Crippen LogP contribution >= 0.6 is 0 Å². The Morgan fingerprint density at radius 2 is 1.92 bits per heavy atom. The molecule has 132 valence electrons. The van der Waals surface area contributed by atoms with Crippen molar-refractivity contribution in [2.24, 2.45) is 0 Å². The van der Waals surface area contributed by atoms with Gasteiger partial charge < -0.3 is 10.2 Å². The highest BCUT2D eigenvalue weighted by molar-refractivity contribution is 6.12. The van der Waals surface area contributed by atoms with Gasteiger partial charge in [0, 0.05) is 11.7 Å².